The van der Waals surface area contributed by atoms with Crippen LogP contribution >= 0.6 is 0 Å². The van der Waals surface area contributed by atoms with Gasteiger partial charge in [-0.15, -0.1) is 5.10 Å². The van der Waals surface area contributed by atoms with E-state index in [0.717, 1.165) is 11.4 Å². The van der Waals surface area contributed by atoms with Crippen LogP contribution in [-0.2, 0) is 0 Å². The maximum absolute atomic E-state index is 4.01. The van der Waals surface area contributed by atoms with Gasteiger partial charge in [-0.1, -0.05) is 0 Å². The van der Waals surface area contributed by atoms with Gasteiger partial charge in [0.25, 0.3) is 0 Å². The van der Waals surface area contributed by atoms with Crippen molar-refractivity contribution in [1.82, 2.24) is 15.4 Å². The summed E-state index contributed by atoms with van der Waals surface area (Å²) in [6.07, 6.45) is 6.61. The van der Waals surface area contributed by atoms with Gasteiger partial charge in [0.1, 0.15) is 12.0 Å². The van der Waals surface area contributed by atoms with E-state index in [1.54, 1.807) is 18.5 Å². The van der Waals surface area contributed by atoms with Crippen LogP contribution in [0, 0.1) is 0 Å². The summed E-state index contributed by atoms with van der Waals surface area (Å²) < 4.78 is 0. The molecular weight excluding hydrogens is 140 g/mol. The summed E-state index contributed by atoms with van der Waals surface area (Å²) in [4.78, 5) is 7.80. The monoisotopic (exact) mass is 145 g/mol. The molecule has 4 nitrogen and oxygen atoms in total. The first-order valence-electron chi connectivity index (χ1n) is 3.17. The van der Waals surface area contributed by atoms with Crippen molar-refractivity contribution in [2.45, 2.75) is 0 Å². The molecule has 0 aromatic carbocycles. The third-order valence-electron chi connectivity index (χ3n) is 1.31. The Morgan fingerprint density at radius 1 is 1.27 bits per heavy atom. The summed E-state index contributed by atoms with van der Waals surface area (Å²) in [5.74, 6) is 0. The molecule has 2 rings (SSSR count). The van der Waals surface area contributed by atoms with Crippen molar-refractivity contribution in [2.24, 2.45) is 5.10 Å². The lowest BCUT2D eigenvalue weighted by atomic mass is 10.2. The van der Waals surface area contributed by atoms with Crippen LogP contribution in [0.5, 0.6) is 0 Å². The lowest BCUT2D eigenvalue weighted by molar-refractivity contribution is 0.969. The summed E-state index contributed by atoms with van der Waals surface area (Å²) in [6, 6.07) is 1.80. The lowest BCUT2D eigenvalue weighted by Gasteiger charge is -1.91. The quantitative estimate of drug-likeness (QED) is 0.571. The highest BCUT2D eigenvalue weighted by atomic mass is 15.3. The van der Waals surface area contributed by atoms with Gasteiger partial charge in [0.05, 0.1) is 11.9 Å². The SMILES string of the molecule is C1=CC(c2ccncn2)=N[N]1. The molecule has 1 aromatic rings. The first-order chi connectivity index (χ1) is 5.47. The van der Waals surface area contributed by atoms with Gasteiger partial charge in [-0.2, -0.15) is 5.43 Å². The molecule has 0 N–H and O–H groups in total. The van der Waals surface area contributed by atoms with Gasteiger partial charge in [-0.25, -0.2) is 9.97 Å². The smallest absolute Gasteiger partial charge is 0.116 e. The Hall–Kier alpha value is -1.71. The third kappa shape index (κ3) is 1.10. The second kappa shape index (κ2) is 2.49. The largest absolute Gasteiger partial charge is 0.245 e. The van der Waals surface area contributed by atoms with Gasteiger partial charge < -0.3 is 0 Å². The molecule has 0 atom stereocenters. The van der Waals surface area contributed by atoms with Crippen LogP contribution in [-0.4, -0.2) is 15.7 Å². The molecule has 2 heterocycles. The van der Waals surface area contributed by atoms with E-state index < -0.39 is 0 Å². The highest BCUT2D eigenvalue weighted by Gasteiger charge is 2.03. The van der Waals surface area contributed by atoms with Crippen molar-refractivity contribution >= 4 is 5.71 Å². The zero-order chi connectivity index (χ0) is 7.52. The molecule has 0 amide bonds. The molecule has 0 saturated carbocycles. The molecule has 0 aliphatic carbocycles. The highest BCUT2D eigenvalue weighted by Crippen LogP contribution is 2.00. The molecule has 0 fully saturated rings. The van der Waals surface area contributed by atoms with Crippen LogP contribution in [0.4, 0.5) is 0 Å². The van der Waals surface area contributed by atoms with E-state index in [0.29, 0.717) is 0 Å². The molecule has 0 saturated heterocycles. The summed E-state index contributed by atoms with van der Waals surface area (Å²) >= 11 is 0. The molecule has 1 aliphatic rings. The average molecular weight is 145 g/mol. The molecule has 0 spiro atoms. The zero-order valence-corrected chi connectivity index (χ0v) is 5.68. The summed E-state index contributed by atoms with van der Waals surface area (Å²) in [7, 11) is 0. The van der Waals surface area contributed by atoms with Crippen LogP contribution in [0.15, 0.2) is 36.0 Å². The van der Waals surface area contributed by atoms with Gasteiger partial charge in [0, 0.05) is 6.20 Å². The molecule has 1 aromatic heterocycles. The van der Waals surface area contributed by atoms with Gasteiger partial charge in [-0.3, -0.25) is 0 Å². The molecule has 4 heteroatoms. The fraction of sp³-hybridized carbons (Fsp3) is 0. The summed E-state index contributed by atoms with van der Waals surface area (Å²) in [5, 5.41) is 3.85. The Kier molecular flexibility index (Phi) is 1.37. The maximum atomic E-state index is 4.01. The van der Waals surface area contributed by atoms with Crippen LogP contribution in [0.1, 0.15) is 5.69 Å². The molecule has 1 aliphatic heterocycles. The molecule has 0 bridgehead atoms. The Bertz CT molecular complexity index is 301. The fourth-order valence-corrected chi connectivity index (χ4v) is 0.812. The van der Waals surface area contributed by atoms with Crippen LogP contribution in [0.3, 0.4) is 0 Å². The van der Waals surface area contributed by atoms with Crippen molar-refractivity contribution in [1.29, 1.82) is 0 Å². The number of hydrogen-bond acceptors (Lipinski definition) is 3. The summed E-state index contributed by atoms with van der Waals surface area (Å²) in [6.45, 7) is 0. The normalized spacial score (nSPS) is 14.4. The molecule has 11 heavy (non-hydrogen) atoms. The molecule has 53 valence electrons. The average Bonchev–Trinajstić information content (AvgIpc) is 2.58. The summed E-state index contributed by atoms with van der Waals surface area (Å²) in [5.41, 5.74) is 5.28. The number of rotatable bonds is 1. The van der Waals surface area contributed by atoms with E-state index in [1.165, 1.54) is 6.33 Å². The fourth-order valence-electron chi connectivity index (χ4n) is 0.812. The van der Waals surface area contributed by atoms with Crippen molar-refractivity contribution in [3.05, 3.63) is 36.6 Å². The first-order valence-corrected chi connectivity index (χ1v) is 3.17. The van der Waals surface area contributed by atoms with Gasteiger partial charge >= 0.3 is 0 Å². The van der Waals surface area contributed by atoms with E-state index in [2.05, 4.69) is 20.5 Å². The predicted octanol–water partition coefficient (Wildman–Crippen LogP) is 0.312. The van der Waals surface area contributed by atoms with Gasteiger partial charge in [0.15, 0.2) is 0 Å². The van der Waals surface area contributed by atoms with Crippen molar-refractivity contribution in [3.8, 4) is 0 Å². The van der Waals surface area contributed by atoms with E-state index in [-0.39, 0.29) is 0 Å². The van der Waals surface area contributed by atoms with E-state index >= 15 is 0 Å². The van der Waals surface area contributed by atoms with Gasteiger partial charge in [0.2, 0.25) is 0 Å². The lowest BCUT2D eigenvalue weighted by Crippen LogP contribution is -1.97. The van der Waals surface area contributed by atoms with E-state index in [1.807, 2.05) is 6.08 Å². The molecule has 0 unspecified atom stereocenters. The Morgan fingerprint density at radius 3 is 2.91 bits per heavy atom. The number of nitrogens with zero attached hydrogens (tertiary/aromatic N) is 4. The predicted molar refractivity (Wildman–Crippen MR) is 39.8 cm³/mol. The number of allylic oxidation sites excluding steroid dienone is 1. The Morgan fingerprint density at radius 2 is 2.27 bits per heavy atom. The Labute approximate surface area is 63.7 Å². The third-order valence-corrected chi connectivity index (χ3v) is 1.31. The number of aromatic nitrogens is 2. The zero-order valence-electron chi connectivity index (χ0n) is 5.68. The minimum atomic E-state index is 0.785. The van der Waals surface area contributed by atoms with Crippen LogP contribution in [0.2, 0.25) is 0 Å². The minimum absolute atomic E-state index is 0.785. The minimum Gasteiger partial charge on any atom is -0.245 e. The maximum Gasteiger partial charge on any atom is 0.116 e. The van der Waals surface area contributed by atoms with Crippen molar-refractivity contribution in [2.75, 3.05) is 0 Å². The molecular formula is C7H5N4. The highest BCUT2D eigenvalue weighted by molar-refractivity contribution is 6.07. The van der Waals surface area contributed by atoms with E-state index in [9.17, 15) is 0 Å². The second-order valence-electron chi connectivity index (χ2n) is 2.01. The second-order valence-corrected chi connectivity index (χ2v) is 2.01. The number of hydrogen-bond donors (Lipinski definition) is 0. The first kappa shape index (κ1) is 6.03. The van der Waals surface area contributed by atoms with Gasteiger partial charge in [-0.05, 0) is 12.1 Å². The van der Waals surface area contributed by atoms with Crippen LogP contribution < -0.4 is 5.43 Å². The van der Waals surface area contributed by atoms with E-state index in [4.69, 9.17) is 0 Å². The van der Waals surface area contributed by atoms with Crippen LogP contribution in [0.25, 0.3) is 0 Å². The standard InChI is InChI=1S/C7H5N4/c1-3-8-5-9-6(1)7-2-4-10-11-7/h1-5H. The topological polar surface area (TPSA) is 52.2 Å². The van der Waals surface area contributed by atoms with Crippen molar-refractivity contribution < 1.29 is 0 Å². The Balaban J connectivity index is 2.37. The molecule has 1 radical (unpaired) electrons. The van der Waals surface area contributed by atoms with Crippen molar-refractivity contribution in [3.63, 3.8) is 0 Å².